The molecule has 1 fully saturated rings. The molecule has 1 nitrogen and oxygen atoms in total. The van der Waals surface area contributed by atoms with Crippen LogP contribution in [0.2, 0.25) is 0 Å². The predicted molar refractivity (Wildman–Crippen MR) is 52.5 cm³/mol. The lowest BCUT2D eigenvalue weighted by atomic mass is 9.68. The normalized spacial score (nSPS) is 20.5. The third kappa shape index (κ3) is 1.53. The van der Waals surface area contributed by atoms with E-state index in [4.69, 9.17) is 0 Å². The van der Waals surface area contributed by atoms with Crippen LogP contribution in [0.1, 0.15) is 36.9 Å². The minimum atomic E-state index is 0.588. The van der Waals surface area contributed by atoms with Crippen LogP contribution in [-0.4, -0.2) is 4.98 Å². The molecule has 0 aliphatic heterocycles. The van der Waals surface area contributed by atoms with Gasteiger partial charge in [0.25, 0.3) is 0 Å². The SMILES string of the molecule is Cc1csc(CC2(C)CCC2)n1. The molecular formula is C10H15NS. The highest BCUT2D eigenvalue weighted by Gasteiger charge is 2.32. The van der Waals surface area contributed by atoms with Crippen LogP contribution in [0.5, 0.6) is 0 Å². The van der Waals surface area contributed by atoms with Gasteiger partial charge in [0.15, 0.2) is 0 Å². The Hall–Kier alpha value is -0.370. The Balaban J connectivity index is 2.03. The molecule has 2 rings (SSSR count). The number of rotatable bonds is 2. The van der Waals surface area contributed by atoms with Gasteiger partial charge in [0, 0.05) is 17.5 Å². The first-order valence-electron chi connectivity index (χ1n) is 4.59. The Kier molecular flexibility index (Phi) is 1.95. The van der Waals surface area contributed by atoms with E-state index in [-0.39, 0.29) is 0 Å². The van der Waals surface area contributed by atoms with Gasteiger partial charge in [0.1, 0.15) is 0 Å². The lowest BCUT2D eigenvalue weighted by Gasteiger charge is -2.37. The minimum absolute atomic E-state index is 0.588. The van der Waals surface area contributed by atoms with E-state index in [1.807, 2.05) is 11.3 Å². The molecule has 2 heteroatoms. The van der Waals surface area contributed by atoms with Crippen LogP contribution >= 0.6 is 11.3 Å². The molecule has 0 amide bonds. The third-order valence-corrected chi connectivity index (χ3v) is 3.77. The number of aromatic nitrogens is 1. The fraction of sp³-hybridized carbons (Fsp3) is 0.700. The van der Waals surface area contributed by atoms with Crippen LogP contribution in [0.4, 0.5) is 0 Å². The number of hydrogen-bond acceptors (Lipinski definition) is 2. The molecule has 1 saturated carbocycles. The van der Waals surface area contributed by atoms with Crippen molar-refractivity contribution in [3.63, 3.8) is 0 Å². The summed E-state index contributed by atoms with van der Waals surface area (Å²) in [6, 6.07) is 0. The van der Waals surface area contributed by atoms with Gasteiger partial charge >= 0.3 is 0 Å². The summed E-state index contributed by atoms with van der Waals surface area (Å²) in [6.07, 6.45) is 5.41. The van der Waals surface area contributed by atoms with E-state index in [9.17, 15) is 0 Å². The lowest BCUT2D eigenvalue weighted by Crippen LogP contribution is -2.27. The van der Waals surface area contributed by atoms with Crippen molar-refractivity contribution < 1.29 is 0 Å². The largest absolute Gasteiger partial charge is 0.247 e. The van der Waals surface area contributed by atoms with Crippen LogP contribution < -0.4 is 0 Å². The van der Waals surface area contributed by atoms with Gasteiger partial charge in [0.2, 0.25) is 0 Å². The average molecular weight is 181 g/mol. The summed E-state index contributed by atoms with van der Waals surface area (Å²) in [6.45, 7) is 4.45. The van der Waals surface area contributed by atoms with E-state index in [0.29, 0.717) is 5.41 Å². The van der Waals surface area contributed by atoms with Crippen molar-refractivity contribution in [2.75, 3.05) is 0 Å². The fourth-order valence-corrected chi connectivity index (χ4v) is 2.79. The molecule has 0 spiro atoms. The van der Waals surface area contributed by atoms with Gasteiger partial charge in [-0.1, -0.05) is 13.3 Å². The predicted octanol–water partition coefficient (Wildman–Crippen LogP) is 3.18. The number of thiazole rings is 1. The topological polar surface area (TPSA) is 12.9 Å². The monoisotopic (exact) mass is 181 g/mol. The smallest absolute Gasteiger partial charge is 0.0933 e. The summed E-state index contributed by atoms with van der Waals surface area (Å²) < 4.78 is 0. The Morgan fingerprint density at radius 2 is 2.33 bits per heavy atom. The molecule has 0 radical (unpaired) electrons. The van der Waals surface area contributed by atoms with Crippen molar-refractivity contribution in [3.8, 4) is 0 Å². The van der Waals surface area contributed by atoms with Crippen LogP contribution in [0.25, 0.3) is 0 Å². The highest BCUT2D eigenvalue weighted by atomic mass is 32.1. The molecule has 1 heterocycles. The number of nitrogens with zero attached hydrogens (tertiary/aromatic N) is 1. The van der Waals surface area contributed by atoms with Crippen LogP contribution in [0.15, 0.2) is 5.38 Å². The molecule has 0 saturated heterocycles. The van der Waals surface area contributed by atoms with Gasteiger partial charge in [-0.25, -0.2) is 4.98 Å². The Morgan fingerprint density at radius 3 is 2.75 bits per heavy atom. The average Bonchev–Trinajstić information content (AvgIpc) is 2.32. The van der Waals surface area contributed by atoms with Gasteiger partial charge in [-0.3, -0.25) is 0 Å². The van der Waals surface area contributed by atoms with Crippen molar-refractivity contribution in [2.45, 2.75) is 39.5 Å². The molecule has 1 aromatic rings. The van der Waals surface area contributed by atoms with Gasteiger partial charge in [0.05, 0.1) is 5.01 Å². The molecule has 12 heavy (non-hydrogen) atoms. The molecule has 1 aromatic heterocycles. The second-order valence-corrected chi connectivity index (χ2v) is 5.17. The van der Waals surface area contributed by atoms with E-state index in [0.717, 1.165) is 0 Å². The lowest BCUT2D eigenvalue weighted by molar-refractivity contribution is 0.161. The zero-order valence-electron chi connectivity index (χ0n) is 7.76. The molecule has 1 aliphatic carbocycles. The van der Waals surface area contributed by atoms with E-state index >= 15 is 0 Å². The number of aryl methyl sites for hydroxylation is 1. The Bertz CT molecular complexity index is 273. The van der Waals surface area contributed by atoms with Gasteiger partial charge in [-0.15, -0.1) is 11.3 Å². The summed E-state index contributed by atoms with van der Waals surface area (Å²) in [5.74, 6) is 0. The summed E-state index contributed by atoms with van der Waals surface area (Å²) in [5.41, 5.74) is 1.77. The highest BCUT2D eigenvalue weighted by molar-refractivity contribution is 7.09. The Labute approximate surface area is 77.8 Å². The third-order valence-electron chi connectivity index (χ3n) is 2.81. The minimum Gasteiger partial charge on any atom is -0.247 e. The van der Waals surface area contributed by atoms with E-state index in [1.165, 1.54) is 36.4 Å². The maximum Gasteiger partial charge on any atom is 0.0933 e. The van der Waals surface area contributed by atoms with Crippen LogP contribution in [-0.2, 0) is 6.42 Å². The fourth-order valence-electron chi connectivity index (χ4n) is 1.81. The van der Waals surface area contributed by atoms with E-state index < -0.39 is 0 Å². The first-order valence-corrected chi connectivity index (χ1v) is 5.47. The molecular weight excluding hydrogens is 166 g/mol. The number of hydrogen-bond donors (Lipinski definition) is 0. The quantitative estimate of drug-likeness (QED) is 0.683. The highest BCUT2D eigenvalue weighted by Crippen LogP contribution is 2.43. The van der Waals surface area contributed by atoms with Crippen LogP contribution in [0, 0.1) is 12.3 Å². The van der Waals surface area contributed by atoms with Crippen molar-refractivity contribution >= 4 is 11.3 Å². The molecule has 0 unspecified atom stereocenters. The molecule has 1 aliphatic rings. The second-order valence-electron chi connectivity index (χ2n) is 4.22. The molecule has 66 valence electrons. The molecule has 0 atom stereocenters. The molecule has 0 bridgehead atoms. The summed E-state index contributed by atoms with van der Waals surface area (Å²) in [7, 11) is 0. The van der Waals surface area contributed by atoms with E-state index in [2.05, 4.69) is 24.2 Å². The maximum atomic E-state index is 4.50. The van der Waals surface area contributed by atoms with Gasteiger partial charge in [-0.2, -0.15) is 0 Å². The standard InChI is InChI=1S/C10H15NS/c1-8-7-12-9(11-8)6-10(2)4-3-5-10/h7H,3-6H2,1-2H3. The van der Waals surface area contributed by atoms with Crippen molar-refractivity contribution in [1.29, 1.82) is 0 Å². The molecule has 0 aromatic carbocycles. The first kappa shape index (κ1) is 8.24. The van der Waals surface area contributed by atoms with Gasteiger partial charge < -0.3 is 0 Å². The van der Waals surface area contributed by atoms with E-state index in [1.54, 1.807) is 0 Å². The zero-order valence-corrected chi connectivity index (χ0v) is 8.58. The first-order chi connectivity index (χ1) is 5.68. The van der Waals surface area contributed by atoms with Crippen molar-refractivity contribution in [3.05, 3.63) is 16.1 Å². The maximum absolute atomic E-state index is 4.50. The zero-order chi connectivity index (χ0) is 8.60. The van der Waals surface area contributed by atoms with Crippen molar-refractivity contribution in [1.82, 2.24) is 4.98 Å². The van der Waals surface area contributed by atoms with Crippen LogP contribution in [0.3, 0.4) is 0 Å². The Morgan fingerprint density at radius 1 is 1.58 bits per heavy atom. The summed E-state index contributed by atoms with van der Waals surface area (Å²) >= 11 is 1.81. The summed E-state index contributed by atoms with van der Waals surface area (Å²) in [4.78, 5) is 4.50. The van der Waals surface area contributed by atoms with Crippen molar-refractivity contribution in [2.24, 2.45) is 5.41 Å². The second kappa shape index (κ2) is 2.84. The van der Waals surface area contributed by atoms with Gasteiger partial charge in [-0.05, 0) is 25.2 Å². The summed E-state index contributed by atoms with van der Waals surface area (Å²) in [5, 5.41) is 3.48. The molecule has 0 N–H and O–H groups in total.